The second-order valence-electron chi connectivity index (χ2n) is 7.34. The van der Waals surface area contributed by atoms with Gasteiger partial charge in [0, 0.05) is 30.8 Å². The molecule has 1 saturated heterocycles. The van der Waals surface area contributed by atoms with E-state index in [1.165, 1.54) is 0 Å². The van der Waals surface area contributed by atoms with E-state index < -0.39 is 5.92 Å². The van der Waals surface area contributed by atoms with Gasteiger partial charge in [-0.3, -0.25) is 14.3 Å². The van der Waals surface area contributed by atoms with Crippen molar-refractivity contribution in [1.82, 2.24) is 20.0 Å². The number of amides is 2. The van der Waals surface area contributed by atoms with Gasteiger partial charge >= 0.3 is 0 Å². The first kappa shape index (κ1) is 16.9. The second kappa shape index (κ2) is 6.30. The lowest BCUT2D eigenvalue weighted by atomic mass is 9.93. The molecular formula is C19H24N4O3. The minimum absolute atomic E-state index is 0.0649. The van der Waals surface area contributed by atoms with Crippen LogP contribution in [0.2, 0.25) is 0 Å². The molecule has 0 unspecified atom stereocenters. The SMILES string of the molecule is Cc1ccoc1CNC(=O)[C@H]1CC(=O)N(C2CC2)[C@@H]1c1cnn(C)c1C. The van der Waals surface area contributed by atoms with Gasteiger partial charge in [0.2, 0.25) is 11.8 Å². The molecular weight excluding hydrogens is 332 g/mol. The molecule has 1 aliphatic heterocycles. The molecule has 7 heteroatoms. The van der Waals surface area contributed by atoms with Gasteiger partial charge in [0.25, 0.3) is 0 Å². The van der Waals surface area contributed by atoms with Crippen molar-refractivity contribution in [2.75, 3.05) is 0 Å². The topological polar surface area (TPSA) is 80.4 Å². The van der Waals surface area contributed by atoms with Crippen LogP contribution < -0.4 is 5.32 Å². The van der Waals surface area contributed by atoms with Crippen molar-refractivity contribution in [1.29, 1.82) is 0 Å². The van der Waals surface area contributed by atoms with E-state index in [-0.39, 0.29) is 30.3 Å². The maximum Gasteiger partial charge on any atom is 0.226 e. The van der Waals surface area contributed by atoms with E-state index >= 15 is 0 Å². The molecule has 0 spiro atoms. The fourth-order valence-corrected chi connectivity index (χ4v) is 3.83. The van der Waals surface area contributed by atoms with Crippen LogP contribution in [-0.2, 0) is 23.2 Å². The highest BCUT2D eigenvalue weighted by atomic mass is 16.3. The number of furan rings is 1. The molecule has 2 aromatic rings. The zero-order valence-electron chi connectivity index (χ0n) is 15.4. The maximum absolute atomic E-state index is 12.9. The molecule has 138 valence electrons. The normalized spacial score (nSPS) is 22.9. The molecule has 2 amide bonds. The van der Waals surface area contributed by atoms with Crippen molar-refractivity contribution in [3.63, 3.8) is 0 Å². The highest BCUT2D eigenvalue weighted by Gasteiger charge is 2.50. The molecule has 1 N–H and O–H groups in total. The number of aromatic nitrogens is 2. The van der Waals surface area contributed by atoms with Gasteiger partial charge in [-0.05, 0) is 38.3 Å². The maximum atomic E-state index is 12.9. The molecule has 4 rings (SSSR count). The van der Waals surface area contributed by atoms with Gasteiger partial charge in [-0.25, -0.2) is 0 Å². The Kier molecular flexibility index (Phi) is 4.09. The summed E-state index contributed by atoms with van der Waals surface area (Å²) in [5, 5.41) is 7.28. The Labute approximate surface area is 152 Å². The van der Waals surface area contributed by atoms with E-state index in [9.17, 15) is 9.59 Å². The van der Waals surface area contributed by atoms with Crippen molar-refractivity contribution < 1.29 is 14.0 Å². The predicted molar refractivity (Wildman–Crippen MR) is 94.0 cm³/mol. The van der Waals surface area contributed by atoms with Crippen LogP contribution in [0.3, 0.4) is 0 Å². The number of nitrogens with zero attached hydrogens (tertiary/aromatic N) is 3. The number of likely N-dealkylation sites (tertiary alicyclic amines) is 1. The Morgan fingerprint density at radius 3 is 2.73 bits per heavy atom. The van der Waals surface area contributed by atoms with Crippen LogP contribution in [0, 0.1) is 19.8 Å². The molecule has 1 aliphatic carbocycles. The first-order valence-electron chi connectivity index (χ1n) is 9.07. The van der Waals surface area contributed by atoms with Gasteiger partial charge in [-0.15, -0.1) is 0 Å². The van der Waals surface area contributed by atoms with Crippen LogP contribution in [0.1, 0.15) is 47.9 Å². The summed E-state index contributed by atoms with van der Waals surface area (Å²) < 4.78 is 7.19. The van der Waals surface area contributed by atoms with Crippen LogP contribution in [0.15, 0.2) is 22.9 Å². The molecule has 2 aromatic heterocycles. The van der Waals surface area contributed by atoms with E-state index in [0.717, 1.165) is 35.4 Å². The average Bonchev–Trinajstić information content (AvgIpc) is 3.16. The highest BCUT2D eigenvalue weighted by Crippen LogP contribution is 2.45. The second-order valence-corrected chi connectivity index (χ2v) is 7.34. The zero-order valence-corrected chi connectivity index (χ0v) is 15.4. The number of hydrogen-bond donors (Lipinski definition) is 1. The molecule has 2 fully saturated rings. The molecule has 7 nitrogen and oxygen atoms in total. The van der Waals surface area contributed by atoms with Crippen LogP contribution in [0.4, 0.5) is 0 Å². The number of hydrogen-bond acceptors (Lipinski definition) is 4. The summed E-state index contributed by atoms with van der Waals surface area (Å²) in [5.41, 5.74) is 2.97. The predicted octanol–water partition coefficient (Wildman–Crippen LogP) is 2.00. The number of rotatable bonds is 5. The molecule has 2 aliphatic rings. The van der Waals surface area contributed by atoms with Gasteiger partial charge < -0.3 is 14.6 Å². The molecule has 26 heavy (non-hydrogen) atoms. The summed E-state index contributed by atoms with van der Waals surface area (Å²) >= 11 is 0. The molecule has 2 atom stereocenters. The summed E-state index contributed by atoms with van der Waals surface area (Å²) in [4.78, 5) is 27.5. The Balaban J connectivity index is 1.58. The standard InChI is InChI=1S/C19H24N4O3/c1-11-6-7-26-16(11)10-20-19(25)14-8-17(24)23(13-4-5-13)18(14)15-9-21-22(3)12(15)2/h6-7,9,13-14,18H,4-5,8,10H2,1-3H3,(H,20,25)/t14-,18-/m0/s1. The summed E-state index contributed by atoms with van der Waals surface area (Å²) in [6, 6.07) is 1.90. The van der Waals surface area contributed by atoms with Crippen LogP contribution in [0.25, 0.3) is 0 Å². The lowest BCUT2D eigenvalue weighted by Crippen LogP contribution is -2.36. The van der Waals surface area contributed by atoms with E-state index in [1.807, 2.05) is 31.9 Å². The van der Waals surface area contributed by atoms with Gasteiger partial charge in [0.15, 0.2) is 0 Å². The quantitative estimate of drug-likeness (QED) is 0.888. The summed E-state index contributed by atoms with van der Waals surface area (Å²) in [7, 11) is 1.88. The highest BCUT2D eigenvalue weighted by molar-refractivity contribution is 5.90. The van der Waals surface area contributed by atoms with Gasteiger partial charge in [-0.1, -0.05) is 0 Å². The number of carbonyl (C=O) groups excluding carboxylic acids is 2. The van der Waals surface area contributed by atoms with Crippen LogP contribution in [-0.4, -0.2) is 32.5 Å². The Morgan fingerprint density at radius 1 is 1.38 bits per heavy atom. The zero-order chi connectivity index (χ0) is 18.4. The molecule has 0 bridgehead atoms. The minimum atomic E-state index is -0.402. The van der Waals surface area contributed by atoms with Crippen molar-refractivity contribution in [2.24, 2.45) is 13.0 Å². The summed E-state index contributed by atoms with van der Waals surface area (Å²) in [6.45, 7) is 4.27. The van der Waals surface area contributed by atoms with E-state index in [1.54, 1.807) is 17.1 Å². The molecule has 0 radical (unpaired) electrons. The van der Waals surface area contributed by atoms with Crippen molar-refractivity contribution in [3.05, 3.63) is 41.1 Å². The third-order valence-corrected chi connectivity index (χ3v) is 5.62. The monoisotopic (exact) mass is 356 g/mol. The summed E-state index contributed by atoms with van der Waals surface area (Å²) in [5.74, 6) is 0.303. The first-order chi connectivity index (χ1) is 12.5. The number of aryl methyl sites for hydroxylation is 2. The van der Waals surface area contributed by atoms with Crippen molar-refractivity contribution in [2.45, 2.75) is 51.7 Å². The first-order valence-corrected chi connectivity index (χ1v) is 9.07. The van der Waals surface area contributed by atoms with E-state index in [0.29, 0.717) is 6.54 Å². The summed E-state index contributed by atoms with van der Waals surface area (Å²) in [6.07, 6.45) is 5.69. The van der Waals surface area contributed by atoms with Gasteiger partial charge in [0.05, 0.1) is 31.0 Å². The van der Waals surface area contributed by atoms with Crippen molar-refractivity contribution >= 4 is 11.8 Å². The fourth-order valence-electron chi connectivity index (χ4n) is 3.83. The van der Waals surface area contributed by atoms with Gasteiger partial charge in [-0.2, -0.15) is 5.10 Å². The Bertz CT molecular complexity index is 849. The average molecular weight is 356 g/mol. The van der Waals surface area contributed by atoms with E-state index in [4.69, 9.17) is 4.42 Å². The van der Waals surface area contributed by atoms with Crippen LogP contribution in [0.5, 0.6) is 0 Å². The third-order valence-electron chi connectivity index (χ3n) is 5.62. The lowest BCUT2D eigenvalue weighted by Gasteiger charge is -2.28. The molecule has 0 aromatic carbocycles. The number of nitrogens with one attached hydrogen (secondary N) is 1. The van der Waals surface area contributed by atoms with Gasteiger partial charge in [0.1, 0.15) is 5.76 Å². The lowest BCUT2D eigenvalue weighted by molar-refractivity contribution is -0.129. The number of carbonyl (C=O) groups is 2. The van der Waals surface area contributed by atoms with Crippen molar-refractivity contribution in [3.8, 4) is 0 Å². The Hall–Kier alpha value is -2.57. The third kappa shape index (κ3) is 2.81. The smallest absolute Gasteiger partial charge is 0.226 e. The fraction of sp³-hybridized carbons (Fsp3) is 0.526. The van der Waals surface area contributed by atoms with E-state index in [2.05, 4.69) is 10.4 Å². The minimum Gasteiger partial charge on any atom is -0.467 e. The van der Waals surface area contributed by atoms with Crippen LogP contribution >= 0.6 is 0 Å². The Morgan fingerprint density at radius 2 is 2.15 bits per heavy atom. The molecule has 1 saturated carbocycles. The largest absolute Gasteiger partial charge is 0.467 e. The molecule has 3 heterocycles.